The number of hydrogen-bond acceptors (Lipinski definition) is 3. The number of benzene rings is 1. The van der Waals surface area contributed by atoms with Crippen LogP contribution >= 0.6 is 0 Å². The van der Waals surface area contributed by atoms with Gasteiger partial charge in [-0.25, -0.2) is 0 Å². The first-order valence-corrected chi connectivity index (χ1v) is 5.03. The number of phenolic OH excluding ortho intramolecular Hbond substituents is 1. The van der Waals surface area contributed by atoms with E-state index >= 15 is 0 Å². The predicted octanol–water partition coefficient (Wildman–Crippen LogP) is 2.39. The minimum Gasteiger partial charge on any atom is -0.506 e. The molecule has 0 heterocycles. The van der Waals surface area contributed by atoms with Crippen molar-refractivity contribution in [3.05, 3.63) is 18.2 Å². The van der Waals surface area contributed by atoms with Gasteiger partial charge in [-0.1, -0.05) is 20.8 Å². The minimum absolute atomic E-state index is 0.00282. The van der Waals surface area contributed by atoms with E-state index in [9.17, 15) is 9.90 Å². The third kappa shape index (κ3) is 2.89. The minimum atomic E-state index is -0.494. The number of methoxy groups -OCH3 is 1. The summed E-state index contributed by atoms with van der Waals surface area (Å²) in [6, 6.07) is 4.74. The number of ether oxygens (including phenoxy) is 1. The van der Waals surface area contributed by atoms with Gasteiger partial charge < -0.3 is 15.2 Å². The maximum absolute atomic E-state index is 11.7. The van der Waals surface area contributed by atoms with E-state index in [1.807, 2.05) is 20.8 Å². The SMILES string of the molecule is COc1ccc(NC(=O)C(C)(C)C)c(O)c1. The van der Waals surface area contributed by atoms with Crippen LogP contribution in [0, 0.1) is 5.41 Å². The molecule has 1 rings (SSSR count). The Bertz CT molecular complexity index is 394. The van der Waals surface area contributed by atoms with Gasteiger partial charge in [-0.15, -0.1) is 0 Å². The van der Waals surface area contributed by atoms with Crippen LogP contribution in [0.2, 0.25) is 0 Å². The summed E-state index contributed by atoms with van der Waals surface area (Å²) in [5.74, 6) is 0.399. The van der Waals surface area contributed by atoms with Crippen molar-refractivity contribution in [1.29, 1.82) is 0 Å². The van der Waals surface area contributed by atoms with Crippen molar-refractivity contribution in [2.24, 2.45) is 5.41 Å². The van der Waals surface area contributed by atoms with Crippen LogP contribution in [-0.4, -0.2) is 18.1 Å². The Kier molecular flexibility index (Phi) is 3.42. The van der Waals surface area contributed by atoms with Crippen LogP contribution in [-0.2, 0) is 4.79 Å². The first-order chi connectivity index (χ1) is 7.34. The molecular weight excluding hydrogens is 206 g/mol. The predicted molar refractivity (Wildman–Crippen MR) is 62.7 cm³/mol. The van der Waals surface area contributed by atoms with E-state index in [1.165, 1.54) is 13.2 Å². The molecule has 4 nitrogen and oxygen atoms in total. The second-order valence-electron chi connectivity index (χ2n) is 4.59. The van der Waals surface area contributed by atoms with Gasteiger partial charge in [0, 0.05) is 11.5 Å². The number of aromatic hydroxyl groups is 1. The normalized spacial score (nSPS) is 11.0. The van der Waals surface area contributed by atoms with Crippen LogP contribution in [0.1, 0.15) is 20.8 Å². The zero-order valence-electron chi connectivity index (χ0n) is 10.00. The fourth-order valence-electron chi connectivity index (χ4n) is 1.05. The van der Waals surface area contributed by atoms with Gasteiger partial charge in [0.15, 0.2) is 0 Å². The zero-order chi connectivity index (χ0) is 12.3. The zero-order valence-corrected chi connectivity index (χ0v) is 10.00. The fraction of sp³-hybridized carbons (Fsp3) is 0.417. The van der Waals surface area contributed by atoms with E-state index in [0.29, 0.717) is 11.4 Å². The molecular formula is C12H17NO3. The summed E-state index contributed by atoms with van der Waals surface area (Å²) < 4.78 is 4.95. The number of hydrogen-bond donors (Lipinski definition) is 2. The number of anilines is 1. The fourth-order valence-corrected chi connectivity index (χ4v) is 1.05. The standard InChI is InChI=1S/C12H17NO3/c1-12(2,3)11(15)13-9-6-5-8(16-4)7-10(9)14/h5-7,14H,1-4H3,(H,13,15). The Morgan fingerprint density at radius 3 is 2.44 bits per heavy atom. The van der Waals surface area contributed by atoms with E-state index < -0.39 is 5.41 Å². The van der Waals surface area contributed by atoms with Gasteiger partial charge in [0.1, 0.15) is 11.5 Å². The largest absolute Gasteiger partial charge is 0.506 e. The third-order valence-corrected chi connectivity index (χ3v) is 2.13. The van der Waals surface area contributed by atoms with E-state index in [-0.39, 0.29) is 11.7 Å². The number of nitrogens with one attached hydrogen (secondary N) is 1. The van der Waals surface area contributed by atoms with Gasteiger partial charge >= 0.3 is 0 Å². The van der Waals surface area contributed by atoms with Crippen molar-refractivity contribution in [3.63, 3.8) is 0 Å². The van der Waals surface area contributed by atoms with E-state index in [0.717, 1.165) is 0 Å². The van der Waals surface area contributed by atoms with Gasteiger partial charge in [0.25, 0.3) is 0 Å². The summed E-state index contributed by atoms with van der Waals surface area (Å²) >= 11 is 0. The summed E-state index contributed by atoms with van der Waals surface area (Å²) in [5, 5.41) is 12.3. The van der Waals surface area contributed by atoms with Crippen molar-refractivity contribution in [3.8, 4) is 11.5 Å². The number of rotatable bonds is 2. The molecule has 0 atom stereocenters. The molecule has 16 heavy (non-hydrogen) atoms. The molecule has 0 unspecified atom stereocenters. The monoisotopic (exact) mass is 223 g/mol. The van der Waals surface area contributed by atoms with E-state index in [2.05, 4.69) is 5.32 Å². The Labute approximate surface area is 95.2 Å². The lowest BCUT2D eigenvalue weighted by Crippen LogP contribution is -2.27. The summed E-state index contributed by atoms with van der Waals surface area (Å²) in [4.78, 5) is 11.7. The molecule has 0 aliphatic carbocycles. The Morgan fingerprint density at radius 2 is 2.00 bits per heavy atom. The number of phenols is 1. The highest BCUT2D eigenvalue weighted by Crippen LogP contribution is 2.29. The number of amides is 1. The topological polar surface area (TPSA) is 58.6 Å². The van der Waals surface area contributed by atoms with Crippen molar-refractivity contribution in [1.82, 2.24) is 0 Å². The highest BCUT2D eigenvalue weighted by molar-refractivity contribution is 5.95. The quantitative estimate of drug-likeness (QED) is 0.757. The lowest BCUT2D eigenvalue weighted by molar-refractivity contribution is -0.123. The van der Waals surface area contributed by atoms with Crippen LogP contribution < -0.4 is 10.1 Å². The Balaban J connectivity index is 2.87. The molecule has 0 aliphatic rings. The molecule has 1 aromatic rings. The van der Waals surface area contributed by atoms with Crippen molar-refractivity contribution < 1.29 is 14.6 Å². The smallest absolute Gasteiger partial charge is 0.229 e. The average molecular weight is 223 g/mol. The van der Waals surface area contributed by atoms with Gasteiger partial charge in [0.05, 0.1) is 12.8 Å². The van der Waals surface area contributed by atoms with Gasteiger partial charge in [-0.3, -0.25) is 4.79 Å². The summed E-state index contributed by atoms with van der Waals surface area (Å²) in [7, 11) is 1.52. The molecule has 1 amide bonds. The summed E-state index contributed by atoms with van der Waals surface area (Å²) in [6.45, 7) is 5.43. The molecule has 0 spiro atoms. The Hall–Kier alpha value is -1.71. The number of carbonyl (C=O) groups excluding carboxylic acids is 1. The average Bonchev–Trinajstić information content (AvgIpc) is 2.19. The molecule has 2 N–H and O–H groups in total. The van der Waals surface area contributed by atoms with Crippen LogP contribution in [0.25, 0.3) is 0 Å². The van der Waals surface area contributed by atoms with Gasteiger partial charge in [-0.2, -0.15) is 0 Å². The molecule has 0 fully saturated rings. The summed E-state index contributed by atoms with van der Waals surface area (Å²) in [5.41, 5.74) is -0.104. The van der Waals surface area contributed by atoms with Crippen LogP contribution in [0.15, 0.2) is 18.2 Å². The van der Waals surface area contributed by atoms with Crippen molar-refractivity contribution in [2.45, 2.75) is 20.8 Å². The first kappa shape index (κ1) is 12.4. The van der Waals surface area contributed by atoms with Gasteiger partial charge in [0.2, 0.25) is 5.91 Å². The van der Waals surface area contributed by atoms with E-state index in [1.54, 1.807) is 12.1 Å². The van der Waals surface area contributed by atoms with Crippen molar-refractivity contribution >= 4 is 11.6 Å². The first-order valence-electron chi connectivity index (χ1n) is 5.03. The van der Waals surface area contributed by atoms with Crippen LogP contribution in [0.3, 0.4) is 0 Å². The molecule has 0 saturated heterocycles. The second kappa shape index (κ2) is 4.43. The molecule has 0 saturated carbocycles. The molecule has 0 aliphatic heterocycles. The lowest BCUT2D eigenvalue weighted by atomic mass is 9.95. The maximum atomic E-state index is 11.7. The van der Waals surface area contributed by atoms with Crippen LogP contribution in [0.4, 0.5) is 5.69 Å². The van der Waals surface area contributed by atoms with Gasteiger partial charge in [-0.05, 0) is 12.1 Å². The third-order valence-electron chi connectivity index (χ3n) is 2.13. The highest BCUT2D eigenvalue weighted by atomic mass is 16.5. The van der Waals surface area contributed by atoms with Crippen molar-refractivity contribution in [2.75, 3.05) is 12.4 Å². The molecule has 0 aromatic heterocycles. The number of carbonyl (C=O) groups is 1. The lowest BCUT2D eigenvalue weighted by Gasteiger charge is -2.18. The second-order valence-corrected chi connectivity index (χ2v) is 4.59. The molecule has 0 radical (unpaired) electrons. The molecule has 1 aromatic carbocycles. The highest BCUT2D eigenvalue weighted by Gasteiger charge is 2.22. The Morgan fingerprint density at radius 1 is 1.38 bits per heavy atom. The van der Waals surface area contributed by atoms with E-state index in [4.69, 9.17) is 4.74 Å². The maximum Gasteiger partial charge on any atom is 0.229 e. The summed E-state index contributed by atoms with van der Waals surface area (Å²) in [6.07, 6.45) is 0. The van der Waals surface area contributed by atoms with Crippen LogP contribution in [0.5, 0.6) is 11.5 Å². The molecule has 4 heteroatoms. The molecule has 0 bridgehead atoms. The molecule has 88 valence electrons.